The van der Waals surface area contributed by atoms with Crippen molar-refractivity contribution in [3.8, 4) is 0 Å². The van der Waals surface area contributed by atoms with Crippen LogP contribution in [0.3, 0.4) is 0 Å². The molecule has 0 bridgehead atoms. The maximum atomic E-state index is 13.2. The summed E-state index contributed by atoms with van der Waals surface area (Å²) < 4.78 is 1.83. The van der Waals surface area contributed by atoms with Crippen molar-refractivity contribution < 1.29 is 9.59 Å². The Morgan fingerprint density at radius 2 is 2.10 bits per heavy atom. The van der Waals surface area contributed by atoms with E-state index in [2.05, 4.69) is 25.3 Å². The Morgan fingerprint density at radius 3 is 2.93 bits per heavy atom. The zero-order chi connectivity index (χ0) is 20.7. The Kier molecular flexibility index (Phi) is 4.47. The number of hydrogen-bond acceptors (Lipinski definition) is 7. The second-order valence-corrected chi connectivity index (χ2v) is 7.97. The van der Waals surface area contributed by atoms with Gasteiger partial charge in [-0.15, -0.1) is 0 Å². The number of rotatable bonds is 3. The maximum Gasteiger partial charge on any atom is 0.277 e. The number of amides is 2. The van der Waals surface area contributed by atoms with Crippen LogP contribution >= 0.6 is 11.3 Å². The van der Waals surface area contributed by atoms with Gasteiger partial charge in [-0.1, -0.05) is 17.4 Å². The minimum atomic E-state index is -0.358. The lowest BCUT2D eigenvalue weighted by Gasteiger charge is -2.26. The van der Waals surface area contributed by atoms with Gasteiger partial charge in [0, 0.05) is 36.4 Å². The molecule has 0 radical (unpaired) electrons. The number of thiazole rings is 1. The fourth-order valence-corrected chi connectivity index (χ4v) is 4.54. The standard InChI is InChI=1S/C20H17N7O2S/c1-12-17(27-8-3-2-4-16(27)23-12)19(29)26-9-5-13-15(11-26)30-20(24-13)25-18(28)14-10-21-6-7-22-14/h2-4,6-8,10H,5,9,11H2,1H3,(H,24,25,28). The predicted octanol–water partition coefficient (Wildman–Crippen LogP) is 2.34. The number of pyridine rings is 1. The smallest absolute Gasteiger partial charge is 0.277 e. The zero-order valence-electron chi connectivity index (χ0n) is 16.1. The molecule has 1 N–H and O–H groups in total. The summed E-state index contributed by atoms with van der Waals surface area (Å²) in [5.41, 5.74) is 3.18. The van der Waals surface area contributed by atoms with E-state index in [4.69, 9.17) is 0 Å². The third-order valence-corrected chi connectivity index (χ3v) is 5.94. The van der Waals surface area contributed by atoms with Crippen molar-refractivity contribution in [1.29, 1.82) is 0 Å². The second-order valence-electron chi connectivity index (χ2n) is 6.89. The highest BCUT2D eigenvalue weighted by atomic mass is 32.1. The highest BCUT2D eigenvalue weighted by Crippen LogP contribution is 2.29. The number of fused-ring (bicyclic) bond motifs is 2. The molecule has 1 aliphatic rings. The topological polar surface area (TPSA) is 105 Å². The third kappa shape index (κ3) is 3.20. The minimum Gasteiger partial charge on any atom is -0.332 e. The lowest BCUT2D eigenvalue weighted by molar-refractivity contribution is 0.0728. The van der Waals surface area contributed by atoms with E-state index in [9.17, 15) is 9.59 Å². The molecule has 30 heavy (non-hydrogen) atoms. The zero-order valence-corrected chi connectivity index (χ0v) is 16.9. The SMILES string of the molecule is Cc1nc2ccccn2c1C(=O)N1CCc2nc(NC(=O)c3cnccn3)sc2C1. The van der Waals surface area contributed by atoms with E-state index in [-0.39, 0.29) is 17.5 Å². The number of aryl methyl sites for hydroxylation is 1. The van der Waals surface area contributed by atoms with E-state index in [1.165, 1.54) is 29.9 Å². The normalized spacial score (nSPS) is 13.3. The largest absolute Gasteiger partial charge is 0.332 e. The molecule has 4 aromatic heterocycles. The maximum absolute atomic E-state index is 13.2. The molecule has 1 aliphatic heterocycles. The van der Waals surface area contributed by atoms with Crippen molar-refractivity contribution in [2.24, 2.45) is 0 Å². The summed E-state index contributed by atoms with van der Waals surface area (Å²) in [6.07, 6.45) is 6.87. The third-order valence-electron chi connectivity index (χ3n) is 4.94. The Bertz CT molecular complexity index is 1260. The highest BCUT2D eigenvalue weighted by Gasteiger charge is 2.28. The Hall–Kier alpha value is -3.66. The number of carbonyl (C=O) groups excluding carboxylic acids is 2. The number of imidazole rings is 1. The highest BCUT2D eigenvalue weighted by molar-refractivity contribution is 7.15. The fourth-order valence-electron chi connectivity index (χ4n) is 3.52. The van der Waals surface area contributed by atoms with Crippen molar-refractivity contribution in [3.63, 3.8) is 0 Å². The predicted molar refractivity (Wildman–Crippen MR) is 110 cm³/mol. The van der Waals surface area contributed by atoms with Crippen LogP contribution in [0.2, 0.25) is 0 Å². The summed E-state index contributed by atoms with van der Waals surface area (Å²) in [5, 5.41) is 3.26. The van der Waals surface area contributed by atoms with Crippen LogP contribution < -0.4 is 5.32 Å². The lowest BCUT2D eigenvalue weighted by atomic mass is 10.1. The average molecular weight is 419 g/mol. The van der Waals surface area contributed by atoms with E-state index in [1.807, 2.05) is 35.7 Å². The van der Waals surface area contributed by atoms with Gasteiger partial charge in [0.05, 0.1) is 24.1 Å². The van der Waals surface area contributed by atoms with Gasteiger partial charge in [0.1, 0.15) is 17.0 Å². The summed E-state index contributed by atoms with van der Waals surface area (Å²) in [6.45, 7) is 2.86. The van der Waals surface area contributed by atoms with Crippen LogP contribution in [-0.2, 0) is 13.0 Å². The monoisotopic (exact) mass is 419 g/mol. The Balaban J connectivity index is 1.36. The van der Waals surface area contributed by atoms with Gasteiger partial charge in [0.15, 0.2) is 5.13 Å². The number of anilines is 1. The molecule has 5 rings (SSSR count). The average Bonchev–Trinajstić information content (AvgIpc) is 3.32. The molecular weight excluding hydrogens is 402 g/mol. The molecular formula is C20H17N7O2S. The van der Waals surface area contributed by atoms with Crippen LogP contribution in [0.5, 0.6) is 0 Å². The lowest BCUT2D eigenvalue weighted by Crippen LogP contribution is -2.36. The molecule has 2 amide bonds. The molecule has 150 valence electrons. The van der Waals surface area contributed by atoms with Crippen LogP contribution in [0.1, 0.15) is 37.2 Å². The van der Waals surface area contributed by atoms with Crippen molar-refractivity contribution in [3.05, 3.63) is 70.6 Å². The van der Waals surface area contributed by atoms with Gasteiger partial charge in [-0.3, -0.25) is 24.3 Å². The van der Waals surface area contributed by atoms with Gasteiger partial charge in [-0.25, -0.2) is 15.0 Å². The fraction of sp³-hybridized carbons (Fsp3) is 0.200. The molecule has 5 heterocycles. The van der Waals surface area contributed by atoms with Crippen molar-refractivity contribution in [2.45, 2.75) is 19.9 Å². The molecule has 0 atom stereocenters. The molecule has 0 saturated carbocycles. The van der Waals surface area contributed by atoms with Crippen LogP contribution in [0, 0.1) is 6.92 Å². The molecule has 0 aromatic carbocycles. The van der Waals surface area contributed by atoms with Gasteiger partial charge in [0.25, 0.3) is 11.8 Å². The summed E-state index contributed by atoms with van der Waals surface area (Å²) >= 11 is 1.38. The summed E-state index contributed by atoms with van der Waals surface area (Å²) in [6, 6.07) is 5.67. The van der Waals surface area contributed by atoms with Crippen LogP contribution in [0.15, 0.2) is 43.0 Å². The van der Waals surface area contributed by atoms with Crippen LogP contribution in [0.4, 0.5) is 5.13 Å². The first-order valence-corrected chi connectivity index (χ1v) is 10.2. The molecule has 4 aromatic rings. The van der Waals surface area contributed by atoms with Gasteiger partial charge in [-0.2, -0.15) is 0 Å². The van der Waals surface area contributed by atoms with Gasteiger partial charge in [-0.05, 0) is 19.1 Å². The number of hydrogen-bond donors (Lipinski definition) is 1. The molecule has 0 aliphatic carbocycles. The summed E-state index contributed by atoms with van der Waals surface area (Å²) in [5.74, 6) is -0.418. The van der Waals surface area contributed by atoms with E-state index < -0.39 is 0 Å². The van der Waals surface area contributed by atoms with Crippen molar-refractivity contribution in [2.75, 3.05) is 11.9 Å². The number of carbonyl (C=O) groups is 2. The molecule has 0 fully saturated rings. The summed E-state index contributed by atoms with van der Waals surface area (Å²) in [4.78, 5) is 45.2. The van der Waals surface area contributed by atoms with E-state index >= 15 is 0 Å². The first-order chi connectivity index (χ1) is 14.6. The molecule has 0 spiro atoms. The number of aromatic nitrogens is 5. The van der Waals surface area contributed by atoms with E-state index in [0.29, 0.717) is 36.0 Å². The van der Waals surface area contributed by atoms with Gasteiger partial charge < -0.3 is 4.90 Å². The van der Waals surface area contributed by atoms with E-state index in [1.54, 1.807) is 4.90 Å². The van der Waals surface area contributed by atoms with Crippen LogP contribution in [-0.4, -0.2) is 47.6 Å². The first kappa shape index (κ1) is 18.4. The molecule has 0 saturated heterocycles. The quantitative estimate of drug-likeness (QED) is 0.546. The van der Waals surface area contributed by atoms with Crippen molar-refractivity contribution >= 4 is 33.9 Å². The van der Waals surface area contributed by atoms with Gasteiger partial charge >= 0.3 is 0 Å². The van der Waals surface area contributed by atoms with E-state index in [0.717, 1.165) is 16.2 Å². The first-order valence-electron chi connectivity index (χ1n) is 9.39. The Labute approximate surface area is 175 Å². The number of nitrogens with one attached hydrogen (secondary N) is 1. The van der Waals surface area contributed by atoms with Gasteiger partial charge in [0.2, 0.25) is 0 Å². The van der Waals surface area contributed by atoms with Crippen LogP contribution in [0.25, 0.3) is 5.65 Å². The minimum absolute atomic E-state index is 0.0598. The molecule has 0 unspecified atom stereocenters. The second kappa shape index (κ2) is 7.30. The molecule has 9 nitrogen and oxygen atoms in total. The number of nitrogens with zero attached hydrogens (tertiary/aromatic N) is 6. The summed E-state index contributed by atoms with van der Waals surface area (Å²) in [7, 11) is 0. The Morgan fingerprint density at radius 1 is 1.20 bits per heavy atom. The molecule has 10 heteroatoms. The van der Waals surface area contributed by atoms with Crippen molar-refractivity contribution in [1.82, 2.24) is 29.2 Å².